The highest BCUT2D eigenvalue weighted by Crippen LogP contribution is 2.26. The minimum absolute atomic E-state index is 0.0445. The molecule has 2 aromatic rings. The standard InChI is InChI=1S/C19H23NO3/c1-14-9-10-18(22-3)17(13-14)15(2)20-19(21)11-12-23-16-7-5-4-6-8-16/h4-10,13,15H,11-12H2,1-3H3,(H,20,21). The van der Waals surface area contributed by atoms with Crippen LogP contribution in [-0.4, -0.2) is 19.6 Å². The van der Waals surface area contributed by atoms with E-state index in [2.05, 4.69) is 5.32 Å². The third-order valence-corrected chi connectivity index (χ3v) is 3.57. The van der Waals surface area contributed by atoms with Crippen LogP contribution in [0.25, 0.3) is 0 Å². The van der Waals surface area contributed by atoms with Gasteiger partial charge < -0.3 is 14.8 Å². The third-order valence-electron chi connectivity index (χ3n) is 3.57. The Morgan fingerprint density at radius 2 is 1.91 bits per heavy atom. The fourth-order valence-electron chi connectivity index (χ4n) is 2.36. The van der Waals surface area contributed by atoms with Crippen LogP contribution in [0.4, 0.5) is 0 Å². The lowest BCUT2D eigenvalue weighted by Crippen LogP contribution is -2.28. The van der Waals surface area contributed by atoms with Crippen molar-refractivity contribution in [2.24, 2.45) is 0 Å². The molecule has 1 amide bonds. The molecule has 0 fully saturated rings. The summed E-state index contributed by atoms with van der Waals surface area (Å²) in [6.07, 6.45) is 0.313. The van der Waals surface area contributed by atoms with Gasteiger partial charge in [0.15, 0.2) is 0 Å². The van der Waals surface area contributed by atoms with Crippen molar-refractivity contribution in [3.8, 4) is 11.5 Å². The molecular formula is C19H23NO3. The van der Waals surface area contributed by atoms with Crippen LogP contribution >= 0.6 is 0 Å². The number of rotatable bonds is 7. The molecule has 122 valence electrons. The predicted octanol–water partition coefficient (Wildman–Crippen LogP) is 3.65. The van der Waals surface area contributed by atoms with Gasteiger partial charge in [0.1, 0.15) is 11.5 Å². The van der Waals surface area contributed by atoms with Crippen LogP contribution in [0, 0.1) is 6.92 Å². The maximum Gasteiger partial charge on any atom is 0.223 e. The van der Waals surface area contributed by atoms with Crippen molar-refractivity contribution in [2.75, 3.05) is 13.7 Å². The van der Waals surface area contributed by atoms with E-state index in [4.69, 9.17) is 9.47 Å². The molecule has 0 saturated carbocycles. The first-order valence-electron chi connectivity index (χ1n) is 7.72. The van der Waals surface area contributed by atoms with Gasteiger partial charge in [-0.25, -0.2) is 0 Å². The van der Waals surface area contributed by atoms with Crippen LogP contribution in [0.15, 0.2) is 48.5 Å². The zero-order chi connectivity index (χ0) is 16.7. The van der Waals surface area contributed by atoms with Gasteiger partial charge in [-0.15, -0.1) is 0 Å². The third kappa shape index (κ3) is 5.02. The van der Waals surface area contributed by atoms with E-state index in [1.807, 2.05) is 62.4 Å². The number of carbonyl (C=O) groups is 1. The van der Waals surface area contributed by atoms with E-state index in [1.54, 1.807) is 7.11 Å². The van der Waals surface area contributed by atoms with Gasteiger partial charge in [0.2, 0.25) is 5.91 Å². The molecule has 1 N–H and O–H groups in total. The Labute approximate surface area is 137 Å². The van der Waals surface area contributed by atoms with E-state index < -0.39 is 0 Å². The van der Waals surface area contributed by atoms with Crippen molar-refractivity contribution < 1.29 is 14.3 Å². The van der Waals surface area contributed by atoms with Gasteiger partial charge in [0.25, 0.3) is 0 Å². The van der Waals surface area contributed by atoms with Gasteiger partial charge in [-0.2, -0.15) is 0 Å². The number of aryl methyl sites for hydroxylation is 1. The molecule has 1 atom stereocenters. The van der Waals surface area contributed by atoms with E-state index in [0.717, 1.165) is 22.6 Å². The molecule has 0 aliphatic rings. The van der Waals surface area contributed by atoms with Gasteiger partial charge in [0.05, 0.1) is 26.2 Å². The predicted molar refractivity (Wildman–Crippen MR) is 90.8 cm³/mol. The molecule has 4 nitrogen and oxygen atoms in total. The minimum Gasteiger partial charge on any atom is -0.496 e. The summed E-state index contributed by atoms with van der Waals surface area (Å²) in [5, 5.41) is 2.99. The lowest BCUT2D eigenvalue weighted by molar-refractivity contribution is -0.122. The largest absolute Gasteiger partial charge is 0.496 e. The highest BCUT2D eigenvalue weighted by molar-refractivity contribution is 5.76. The van der Waals surface area contributed by atoms with Crippen LogP contribution in [0.1, 0.15) is 30.5 Å². The zero-order valence-corrected chi connectivity index (χ0v) is 13.8. The molecule has 0 bridgehead atoms. The van der Waals surface area contributed by atoms with Crippen LogP contribution < -0.4 is 14.8 Å². The summed E-state index contributed by atoms with van der Waals surface area (Å²) >= 11 is 0. The van der Waals surface area contributed by atoms with E-state index in [0.29, 0.717) is 13.0 Å². The van der Waals surface area contributed by atoms with E-state index >= 15 is 0 Å². The molecule has 0 radical (unpaired) electrons. The second kappa shape index (κ2) is 8.22. The van der Waals surface area contributed by atoms with Crippen molar-refractivity contribution in [3.05, 3.63) is 59.7 Å². The fraction of sp³-hybridized carbons (Fsp3) is 0.316. The number of hydrogen-bond donors (Lipinski definition) is 1. The maximum absolute atomic E-state index is 12.1. The number of para-hydroxylation sites is 1. The Morgan fingerprint density at radius 3 is 2.61 bits per heavy atom. The van der Waals surface area contributed by atoms with E-state index in [9.17, 15) is 4.79 Å². The molecule has 2 aromatic carbocycles. The first-order chi connectivity index (χ1) is 11.1. The summed E-state index contributed by atoms with van der Waals surface area (Å²) in [4.78, 5) is 12.1. The number of carbonyl (C=O) groups excluding carboxylic acids is 1. The van der Waals surface area contributed by atoms with Crippen LogP contribution in [0.2, 0.25) is 0 Å². The Kier molecular flexibility index (Phi) is 6.03. The van der Waals surface area contributed by atoms with Crippen molar-refractivity contribution in [1.29, 1.82) is 0 Å². The molecule has 4 heteroatoms. The number of methoxy groups -OCH3 is 1. The molecule has 2 rings (SSSR count). The average molecular weight is 313 g/mol. The Balaban J connectivity index is 1.86. The molecule has 0 aromatic heterocycles. The summed E-state index contributed by atoms with van der Waals surface area (Å²) in [7, 11) is 1.64. The molecule has 1 unspecified atom stereocenters. The second-order valence-corrected chi connectivity index (χ2v) is 5.45. The van der Waals surface area contributed by atoms with Crippen molar-refractivity contribution >= 4 is 5.91 Å². The Hall–Kier alpha value is -2.49. The molecule has 0 aliphatic carbocycles. The number of nitrogens with one attached hydrogen (secondary N) is 1. The first-order valence-corrected chi connectivity index (χ1v) is 7.72. The summed E-state index contributed by atoms with van der Waals surface area (Å²) in [5.41, 5.74) is 2.11. The van der Waals surface area contributed by atoms with Crippen LogP contribution in [-0.2, 0) is 4.79 Å². The van der Waals surface area contributed by atoms with Crippen LogP contribution in [0.5, 0.6) is 11.5 Å². The molecule has 0 heterocycles. The van der Waals surface area contributed by atoms with Gasteiger partial charge in [0, 0.05) is 5.56 Å². The Morgan fingerprint density at radius 1 is 1.17 bits per heavy atom. The highest BCUT2D eigenvalue weighted by Gasteiger charge is 2.14. The molecule has 0 spiro atoms. The smallest absolute Gasteiger partial charge is 0.223 e. The second-order valence-electron chi connectivity index (χ2n) is 5.45. The SMILES string of the molecule is COc1ccc(C)cc1C(C)NC(=O)CCOc1ccccc1. The number of benzene rings is 2. The van der Waals surface area contributed by atoms with Crippen molar-refractivity contribution in [2.45, 2.75) is 26.3 Å². The summed E-state index contributed by atoms with van der Waals surface area (Å²) in [6, 6.07) is 15.3. The van der Waals surface area contributed by atoms with Gasteiger partial charge in [-0.05, 0) is 32.0 Å². The van der Waals surface area contributed by atoms with E-state index in [1.165, 1.54) is 0 Å². The van der Waals surface area contributed by atoms with Gasteiger partial charge in [-0.3, -0.25) is 4.79 Å². The molecule has 23 heavy (non-hydrogen) atoms. The maximum atomic E-state index is 12.1. The lowest BCUT2D eigenvalue weighted by Gasteiger charge is -2.18. The van der Waals surface area contributed by atoms with Gasteiger partial charge in [-0.1, -0.05) is 35.9 Å². The minimum atomic E-state index is -0.117. The highest BCUT2D eigenvalue weighted by atomic mass is 16.5. The zero-order valence-electron chi connectivity index (χ0n) is 13.8. The summed E-state index contributed by atoms with van der Waals surface area (Å²) in [6.45, 7) is 4.33. The average Bonchev–Trinajstić information content (AvgIpc) is 2.55. The first kappa shape index (κ1) is 16.9. The molecule has 0 saturated heterocycles. The van der Waals surface area contributed by atoms with Crippen molar-refractivity contribution in [1.82, 2.24) is 5.32 Å². The van der Waals surface area contributed by atoms with E-state index in [-0.39, 0.29) is 11.9 Å². The molecule has 0 aliphatic heterocycles. The number of amides is 1. The Bertz CT molecular complexity index is 640. The monoisotopic (exact) mass is 313 g/mol. The normalized spacial score (nSPS) is 11.6. The number of hydrogen-bond acceptors (Lipinski definition) is 3. The summed E-state index contributed by atoms with van der Waals surface area (Å²) in [5.74, 6) is 1.51. The fourth-order valence-corrected chi connectivity index (χ4v) is 2.36. The quantitative estimate of drug-likeness (QED) is 0.849. The van der Waals surface area contributed by atoms with Gasteiger partial charge >= 0.3 is 0 Å². The summed E-state index contributed by atoms with van der Waals surface area (Å²) < 4.78 is 10.9. The van der Waals surface area contributed by atoms with Crippen LogP contribution in [0.3, 0.4) is 0 Å². The van der Waals surface area contributed by atoms with Crippen molar-refractivity contribution in [3.63, 3.8) is 0 Å². The lowest BCUT2D eigenvalue weighted by atomic mass is 10.0. The number of ether oxygens (including phenoxy) is 2. The topological polar surface area (TPSA) is 47.6 Å². The molecular weight excluding hydrogens is 290 g/mol.